The van der Waals surface area contributed by atoms with E-state index in [2.05, 4.69) is 11.1 Å². The fourth-order valence-corrected chi connectivity index (χ4v) is 1.50. The second kappa shape index (κ2) is 4.06. The summed E-state index contributed by atoms with van der Waals surface area (Å²) in [6, 6.07) is 14.6. The Morgan fingerprint density at radius 1 is 1.19 bits per heavy atom. The Bertz CT molecular complexity index is 454. The van der Waals surface area contributed by atoms with Crippen molar-refractivity contribution < 1.29 is 5.11 Å². The van der Waals surface area contributed by atoms with Crippen molar-refractivity contribution in [2.75, 3.05) is 0 Å². The van der Waals surface area contributed by atoms with Gasteiger partial charge in [0.2, 0.25) is 0 Å². The van der Waals surface area contributed by atoms with E-state index in [4.69, 9.17) is 0 Å². The maximum atomic E-state index is 9.78. The van der Waals surface area contributed by atoms with Crippen molar-refractivity contribution in [1.82, 2.24) is 4.98 Å². The van der Waals surface area contributed by atoms with Crippen LogP contribution in [0.1, 0.15) is 19.5 Å². The number of hydrogen-bond donors (Lipinski definition) is 1. The summed E-state index contributed by atoms with van der Waals surface area (Å²) in [5, 5.41) is 9.78. The molecule has 1 aromatic heterocycles. The molecule has 2 nitrogen and oxygen atoms in total. The summed E-state index contributed by atoms with van der Waals surface area (Å²) < 4.78 is 0. The van der Waals surface area contributed by atoms with Gasteiger partial charge in [-0.3, -0.25) is 4.98 Å². The van der Waals surface area contributed by atoms with Crippen LogP contribution in [0.2, 0.25) is 0 Å². The highest BCUT2D eigenvalue weighted by molar-refractivity contribution is 5.61. The normalized spacial score (nSPS) is 11.4. The maximum absolute atomic E-state index is 9.78. The van der Waals surface area contributed by atoms with Crippen molar-refractivity contribution in [3.8, 4) is 11.1 Å². The maximum Gasteiger partial charge on any atom is 0.101 e. The molecule has 0 amide bonds. The van der Waals surface area contributed by atoms with Crippen LogP contribution in [0.5, 0.6) is 0 Å². The number of rotatable bonds is 2. The Morgan fingerprint density at radius 3 is 2.50 bits per heavy atom. The average molecular weight is 212 g/mol. The van der Waals surface area contributed by atoms with Gasteiger partial charge in [-0.1, -0.05) is 24.3 Å². The second-order valence-corrected chi connectivity index (χ2v) is 4.28. The number of hydrogen-bond acceptors (Lipinski definition) is 2. The van der Waals surface area contributed by atoms with Gasteiger partial charge in [-0.05, 0) is 37.6 Å². The Balaban J connectivity index is 2.34. The third-order valence-corrected chi connectivity index (χ3v) is 2.43. The summed E-state index contributed by atoms with van der Waals surface area (Å²) in [6.45, 7) is 3.45. The molecule has 0 spiro atoms. The van der Waals surface area contributed by atoms with E-state index < -0.39 is 5.60 Å². The summed E-state index contributed by atoms with van der Waals surface area (Å²) in [7, 11) is 0. The van der Waals surface area contributed by atoms with Crippen molar-refractivity contribution >= 4 is 0 Å². The van der Waals surface area contributed by atoms with Gasteiger partial charge in [0.1, 0.15) is 5.60 Å². The Kier molecular flexibility index (Phi) is 2.75. The summed E-state index contributed by atoms with van der Waals surface area (Å²) in [5.41, 5.74) is 1.90. The van der Waals surface area contributed by atoms with Crippen molar-refractivity contribution in [2.24, 2.45) is 0 Å². The fourth-order valence-electron chi connectivity index (χ4n) is 1.50. The molecular formula is C14H14NO. The van der Waals surface area contributed by atoms with Crippen LogP contribution in [0.15, 0.2) is 42.6 Å². The zero-order valence-corrected chi connectivity index (χ0v) is 9.44. The molecule has 0 aliphatic carbocycles. The lowest BCUT2D eigenvalue weighted by Gasteiger charge is -2.16. The molecule has 0 unspecified atom stereocenters. The van der Waals surface area contributed by atoms with Gasteiger partial charge < -0.3 is 5.11 Å². The lowest BCUT2D eigenvalue weighted by molar-refractivity contribution is 0.0739. The highest BCUT2D eigenvalue weighted by atomic mass is 16.3. The summed E-state index contributed by atoms with van der Waals surface area (Å²) >= 11 is 0. The van der Waals surface area contributed by atoms with Gasteiger partial charge in [0, 0.05) is 11.8 Å². The molecular weight excluding hydrogens is 198 g/mol. The van der Waals surface area contributed by atoms with Gasteiger partial charge in [0.25, 0.3) is 0 Å². The standard InChI is InChI=1S/C14H14NO/c1-14(2,16)13-9-8-12(10-15-13)11-6-4-3-5-7-11/h3-4,6-10,16H,1-2H3. The van der Waals surface area contributed by atoms with Crippen LogP contribution in [0.4, 0.5) is 0 Å². The number of aliphatic hydroxyl groups is 1. The molecule has 0 saturated heterocycles. The van der Waals surface area contributed by atoms with Crippen LogP contribution in [-0.2, 0) is 5.60 Å². The first kappa shape index (κ1) is 10.8. The molecule has 2 heteroatoms. The molecule has 0 fully saturated rings. The van der Waals surface area contributed by atoms with Gasteiger partial charge in [0.05, 0.1) is 5.69 Å². The first-order valence-electron chi connectivity index (χ1n) is 5.23. The Morgan fingerprint density at radius 2 is 2.00 bits per heavy atom. The molecule has 16 heavy (non-hydrogen) atoms. The van der Waals surface area contributed by atoms with E-state index in [1.807, 2.05) is 36.4 Å². The van der Waals surface area contributed by atoms with Gasteiger partial charge >= 0.3 is 0 Å². The van der Waals surface area contributed by atoms with Crippen molar-refractivity contribution in [3.63, 3.8) is 0 Å². The van der Waals surface area contributed by atoms with Crippen LogP contribution in [-0.4, -0.2) is 10.1 Å². The quantitative estimate of drug-likeness (QED) is 0.830. The molecule has 0 aliphatic heterocycles. The summed E-state index contributed by atoms with van der Waals surface area (Å²) in [4.78, 5) is 4.26. The minimum atomic E-state index is -0.888. The smallest absolute Gasteiger partial charge is 0.101 e. The molecule has 2 aromatic rings. The molecule has 0 atom stereocenters. The van der Waals surface area contributed by atoms with E-state index in [1.54, 1.807) is 20.0 Å². The largest absolute Gasteiger partial charge is 0.384 e. The third-order valence-electron chi connectivity index (χ3n) is 2.43. The molecule has 0 bridgehead atoms. The molecule has 1 N–H and O–H groups in total. The van der Waals surface area contributed by atoms with E-state index in [9.17, 15) is 5.11 Å². The first-order valence-corrected chi connectivity index (χ1v) is 5.23. The zero-order valence-electron chi connectivity index (χ0n) is 9.44. The molecule has 81 valence electrons. The van der Waals surface area contributed by atoms with Gasteiger partial charge in [-0.25, -0.2) is 0 Å². The third kappa shape index (κ3) is 2.28. The molecule has 1 heterocycles. The van der Waals surface area contributed by atoms with Crippen LogP contribution >= 0.6 is 0 Å². The van der Waals surface area contributed by atoms with Crippen molar-refractivity contribution in [2.45, 2.75) is 19.4 Å². The molecule has 0 aliphatic rings. The van der Waals surface area contributed by atoms with E-state index in [1.165, 1.54) is 0 Å². The van der Waals surface area contributed by atoms with Crippen LogP contribution in [0, 0.1) is 6.07 Å². The van der Waals surface area contributed by atoms with Gasteiger partial charge in [-0.2, -0.15) is 0 Å². The van der Waals surface area contributed by atoms with Crippen molar-refractivity contribution in [1.29, 1.82) is 0 Å². The first-order chi connectivity index (χ1) is 7.57. The topological polar surface area (TPSA) is 33.1 Å². The predicted octanol–water partition coefficient (Wildman–Crippen LogP) is 2.78. The second-order valence-electron chi connectivity index (χ2n) is 4.28. The Labute approximate surface area is 95.6 Å². The molecule has 1 aromatic carbocycles. The minimum Gasteiger partial charge on any atom is -0.384 e. The number of pyridine rings is 1. The number of nitrogens with zero attached hydrogens (tertiary/aromatic N) is 1. The number of aromatic nitrogens is 1. The van der Waals surface area contributed by atoms with E-state index in [0.29, 0.717) is 5.69 Å². The summed E-state index contributed by atoms with van der Waals surface area (Å²) in [6.07, 6.45) is 1.77. The van der Waals surface area contributed by atoms with Gasteiger partial charge in [0.15, 0.2) is 0 Å². The van der Waals surface area contributed by atoms with Crippen molar-refractivity contribution in [3.05, 3.63) is 54.4 Å². The average Bonchev–Trinajstić information content (AvgIpc) is 2.29. The molecule has 0 saturated carbocycles. The lowest BCUT2D eigenvalue weighted by Crippen LogP contribution is -2.17. The SMILES string of the molecule is CC(C)(O)c1ccc(-c2c[c]ccc2)cn1. The molecule has 2 rings (SSSR count). The lowest BCUT2D eigenvalue weighted by atomic mass is 10.0. The Hall–Kier alpha value is -1.67. The predicted molar refractivity (Wildman–Crippen MR) is 63.8 cm³/mol. The van der Waals surface area contributed by atoms with Crippen LogP contribution in [0.3, 0.4) is 0 Å². The van der Waals surface area contributed by atoms with E-state index in [0.717, 1.165) is 11.1 Å². The number of benzene rings is 1. The highest BCUT2D eigenvalue weighted by Crippen LogP contribution is 2.21. The fraction of sp³-hybridized carbons (Fsp3) is 0.214. The zero-order chi connectivity index (χ0) is 11.6. The van der Waals surface area contributed by atoms with Crippen LogP contribution < -0.4 is 0 Å². The van der Waals surface area contributed by atoms with E-state index >= 15 is 0 Å². The summed E-state index contributed by atoms with van der Waals surface area (Å²) in [5.74, 6) is 0. The molecule has 1 radical (unpaired) electrons. The monoisotopic (exact) mass is 212 g/mol. The van der Waals surface area contributed by atoms with E-state index in [-0.39, 0.29) is 0 Å². The minimum absolute atomic E-state index is 0.677. The highest BCUT2D eigenvalue weighted by Gasteiger charge is 2.16. The van der Waals surface area contributed by atoms with Gasteiger partial charge in [-0.15, -0.1) is 0 Å². The van der Waals surface area contributed by atoms with Crippen LogP contribution in [0.25, 0.3) is 11.1 Å².